The van der Waals surface area contributed by atoms with E-state index in [2.05, 4.69) is 38.1 Å². The highest BCUT2D eigenvalue weighted by molar-refractivity contribution is 7.99. The Labute approximate surface area is 96.4 Å². The van der Waals surface area contributed by atoms with Gasteiger partial charge < -0.3 is 11.5 Å². The summed E-state index contributed by atoms with van der Waals surface area (Å²) in [5.41, 5.74) is 12.8. The molecule has 0 saturated carbocycles. The molecule has 0 fully saturated rings. The lowest BCUT2D eigenvalue weighted by molar-refractivity contribution is 0.589. The van der Waals surface area contributed by atoms with Gasteiger partial charge in [0.1, 0.15) is 0 Å². The topological polar surface area (TPSA) is 52.0 Å². The first-order chi connectivity index (χ1) is 7.00. The van der Waals surface area contributed by atoms with E-state index in [-0.39, 0.29) is 12.1 Å². The van der Waals surface area contributed by atoms with Crippen LogP contribution in [0.4, 0.5) is 0 Å². The summed E-state index contributed by atoms with van der Waals surface area (Å²) in [7, 11) is 0. The van der Waals surface area contributed by atoms with Crippen LogP contribution in [0.5, 0.6) is 0 Å². The molecule has 0 amide bonds. The number of thioether (sulfide) groups is 1. The molecule has 0 bridgehead atoms. The molecule has 0 saturated heterocycles. The standard InChI is InChI=1S/C12H20N2S/c1-8(2)15-11-6-4-10(5-7-11)12(14)9(3)13/h4-9,12H,13-14H2,1-3H3. The third-order valence-corrected chi connectivity index (χ3v) is 3.22. The van der Waals surface area contributed by atoms with Crippen molar-refractivity contribution in [2.24, 2.45) is 11.5 Å². The summed E-state index contributed by atoms with van der Waals surface area (Å²) < 4.78 is 0. The molecule has 2 atom stereocenters. The van der Waals surface area contributed by atoms with Gasteiger partial charge in [-0.3, -0.25) is 0 Å². The van der Waals surface area contributed by atoms with Crippen LogP contribution in [0.25, 0.3) is 0 Å². The van der Waals surface area contributed by atoms with Crippen molar-refractivity contribution in [1.82, 2.24) is 0 Å². The number of benzene rings is 1. The van der Waals surface area contributed by atoms with Crippen LogP contribution < -0.4 is 11.5 Å². The van der Waals surface area contributed by atoms with Gasteiger partial charge in [0, 0.05) is 22.2 Å². The van der Waals surface area contributed by atoms with Crippen LogP contribution in [0.1, 0.15) is 32.4 Å². The SMILES string of the molecule is CC(C)Sc1ccc(C(N)C(C)N)cc1. The highest BCUT2D eigenvalue weighted by atomic mass is 32.2. The lowest BCUT2D eigenvalue weighted by Crippen LogP contribution is -2.30. The van der Waals surface area contributed by atoms with Gasteiger partial charge in [-0.15, -0.1) is 11.8 Å². The van der Waals surface area contributed by atoms with E-state index in [1.807, 2.05) is 18.7 Å². The van der Waals surface area contributed by atoms with Crippen LogP contribution in [0.3, 0.4) is 0 Å². The Kier molecular flexibility index (Phi) is 4.64. The summed E-state index contributed by atoms with van der Waals surface area (Å²) in [6.07, 6.45) is 0. The fourth-order valence-corrected chi connectivity index (χ4v) is 2.18. The molecule has 0 heterocycles. The highest BCUT2D eigenvalue weighted by Crippen LogP contribution is 2.24. The first-order valence-corrected chi connectivity index (χ1v) is 6.16. The molecule has 0 radical (unpaired) electrons. The predicted molar refractivity (Wildman–Crippen MR) is 68.0 cm³/mol. The fraction of sp³-hybridized carbons (Fsp3) is 0.500. The molecular weight excluding hydrogens is 204 g/mol. The molecule has 2 unspecified atom stereocenters. The number of hydrogen-bond acceptors (Lipinski definition) is 3. The predicted octanol–water partition coefficient (Wildman–Crippen LogP) is 2.53. The Bertz CT molecular complexity index is 293. The van der Waals surface area contributed by atoms with Gasteiger partial charge in [-0.25, -0.2) is 0 Å². The molecule has 2 nitrogen and oxygen atoms in total. The minimum atomic E-state index is -0.0666. The van der Waals surface area contributed by atoms with Crippen LogP contribution in [-0.4, -0.2) is 11.3 Å². The lowest BCUT2D eigenvalue weighted by Gasteiger charge is -2.16. The minimum Gasteiger partial charge on any atom is -0.326 e. The van der Waals surface area contributed by atoms with Crippen molar-refractivity contribution in [3.8, 4) is 0 Å². The van der Waals surface area contributed by atoms with Crippen molar-refractivity contribution in [2.75, 3.05) is 0 Å². The second-order valence-electron chi connectivity index (χ2n) is 4.12. The second-order valence-corrected chi connectivity index (χ2v) is 5.77. The second kappa shape index (κ2) is 5.54. The summed E-state index contributed by atoms with van der Waals surface area (Å²) in [5.74, 6) is 0. The van der Waals surface area contributed by atoms with Gasteiger partial charge in [0.05, 0.1) is 0 Å². The van der Waals surface area contributed by atoms with Gasteiger partial charge >= 0.3 is 0 Å². The molecule has 1 aromatic carbocycles. The highest BCUT2D eigenvalue weighted by Gasteiger charge is 2.10. The molecule has 0 aliphatic rings. The molecule has 0 aliphatic carbocycles. The Hall–Kier alpha value is -0.510. The molecular formula is C12H20N2S. The molecule has 0 spiro atoms. The average molecular weight is 224 g/mol. The van der Waals surface area contributed by atoms with E-state index < -0.39 is 0 Å². The van der Waals surface area contributed by atoms with E-state index in [1.165, 1.54) is 4.90 Å². The number of nitrogens with two attached hydrogens (primary N) is 2. The van der Waals surface area contributed by atoms with Crippen molar-refractivity contribution in [3.05, 3.63) is 29.8 Å². The third-order valence-electron chi connectivity index (χ3n) is 2.20. The maximum Gasteiger partial charge on any atom is 0.0445 e. The number of rotatable bonds is 4. The van der Waals surface area contributed by atoms with Crippen LogP contribution >= 0.6 is 11.8 Å². The zero-order valence-corrected chi connectivity index (χ0v) is 10.4. The van der Waals surface area contributed by atoms with Crippen LogP contribution in [0.15, 0.2) is 29.2 Å². The largest absolute Gasteiger partial charge is 0.326 e. The van der Waals surface area contributed by atoms with Crippen molar-refractivity contribution >= 4 is 11.8 Å². The Balaban J connectivity index is 2.72. The third kappa shape index (κ3) is 3.86. The van der Waals surface area contributed by atoms with Crippen molar-refractivity contribution in [3.63, 3.8) is 0 Å². The maximum atomic E-state index is 5.96. The van der Waals surface area contributed by atoms with E-state index in [9.17, 15) is 0 Å². The summed E-state index contributed by atoms with van der Waals surface area (Å²) in [6.45, 7) is 6.31. The molecule has 3 heteroatoms. The molecule has 4 N–H and O–H groups in total. The maximum absolute atomic E-state index is 5.96. The van der Waals surface area contributed by atoms with Gasteiger partial charge in [0.2, 0.25) is 0 Å². The van der Waals surface area contributed by atoms with Gasteiger partial charge in [0.15, 0.2) is 0 Å². The van der Waals surface area contributed by atoms with E-state index in [0.717, 1.165) is 5.56 Å². The molecule has 84 valence electrons. The van der Waals surface area contributed by atoms with Gasteiger partial charge in [-0.05, 0) is 24.6 Å². The zero-order valence-electron chi connectivity index (χ0n) is 9.60. The van der Waals surface area contributed by atoms with Gasteiger partial charge in [-0.1, -0.05) is 26.0 Å². The van der Waals surface area contributed by atoms with E-state index >= 15 is 0 Å². The summed E-state index contributed by atoms with van der Waals surface area (Å²) in [6, 6.07) is 8.29. The van der Waals surface area contributed by atoms with Gasteiger partial charge in [-0.2, -0.15) is 0 Å². The monoisotopic (exact) mass is 224 g/mol. The van der Waals surface area contributed by atoms with Crippen molar-refractivity contribution < 1.29 is 0 Å². The van der Waals surface area contributed by atoms with E-state index in [4.69, 9.17) is 11.5 Å². The van der Waals surface area contributed by atoms with Crippen molar-refractivity contribution in [2.45, 2.75) is 43.0 Å². The van der Waals surface area contributed by atoms with E-state index in [0.29, 0.717) is 5.25 Å². The molecule has 1 aromatic rings. The van der Waals surface area contributed by atoms with Crippen LogP contribution in [0.2, 0.25) is 0 Å². The molecule has 0 aliphatic heterocycles. The normalized spacial score (nSPS) is 15.3. The first-order valence-electron chi connectivity index (χ1n) is 5.28. The molecule has 0 aromatic heterocycles. The molecule has 15 heavy (non-hydrogen) atoms. The first kappa shape index (κ1) is 12.6. The summed E-state index contributed by atoms with van der Waals surface area (Å²) >= 11 is 1.86. The Morgan fingerprint density at radius 3 is 1.93 bits per heavy atom. The number of hydrogen-bond donors (Lipinski definition) is 2. The van der Waals surface area contributed by atoms with Crippen molar-refractivity contribution in [1.29, 1.82) is 0 Å². The average Bonchev–Trinajstić information content (AvgIpc) is 2.17. The molecule has 1 rings (SSSR count). The Morgan fingerprint density at radius 1 is 1.00 bits per heavy atom. The smallest absolute Gasteiger partial charge is 0.0445 e. The fourth-order valence-electron chi connectivity index (χ4n) is 1.34. The van der Waals surface area contributed by atoms with Gasteiger partial charge in [0.25, 0.3) is 0 Å². The minimum absolute atomic E-state index is 0.00592. The van der Waals surface area contributed by atoms with Crippen LogP contribution in [-0.2, 0) is 0 Å². The van der Waals surface area contributed by atoms with E-state index in [1.54, 1.807) is 0 Å². The Morgan fingerprint density at radius 2 is 1.53 bits per heavy atom. The quantitative estimate of drug-likeness (QED) is 0.773. The lowest BCUT2D eigenvalue weighted by atomic mass is 10.0. The summed E-state index contributed by atoms with van der Waals surface area (Å²) in [4.78, 5) is 1.28. The zero-order chi connectivity index (χ0) is 11.4. The van der Waals surface area contributed by atoms with Crippen LogP contribution in [0, 0.1) is 0 Å². The summed E-state index contributed by atoms with van der Waals surface area (Å²) in [5, 5.41) is 0.609.